The van der Waals surface area contributed by atoms with Gasteiger partial charge in [-0.25, -0.2) is 5.43 Å². The first-order valence-corrected chi connectivity index (χ1v) is 11.4. The van der Waals surface area contributed by atoms with Gasteiger partial charge in [0, 0.05) is 10.6 Å². The zero-order valence-corrected chi connectivity index (χ0v) is 20.9. The Morgan fingerprint density at radius 2 is 1.41 bits per heavy atom. The van der Waals surface area contributed by atoms with E-state index in [-0.39, 0.29) is 35.2 Å². The molecular weight excluding hydrogens is 496 g/mol. The number of allylic oxidation sites excluding steroid dienone is 2. The first-order valence-electron chi connectivity index (χ1n) is 11.0. The molecule has 0 aliphatic carbocycles. The Balaban J connectivity index is 1.80. The highest BCUT2D eigenvalue weighted by Gasteiger charge is 2.08. The van der Waals surface area contributed by atoms with E-state index >= 15 is 0 Å². The third-order valence-corrected chi connectivity index (χ3v) is 5.35. The van der Waals surface area contributed by atoms with Crippen LogP contribution in [0.5, 0.6) is 23.0 Å². The van der Waals surface area contributed by atoms with Gasteiger partial charge in [0.25, 0.3) is 5.91 Å². The Kier molecular flexibility index (Phi) is 9.46. The van der Waals surface area contributed by atoms with Gasteiger partial charge in [0.1, 0.15) is 0 Å². The number of hydrogen-bond donors (Lipinski definition) is 3. The molecule has 0 aliphatic heterocycles. The van der Waals surface area contributed by atoms with Crippen molar-refractivity contribution in [1.82, 2.24) is 5.43 Å². The van der Waals surface area contributed by atoms with Crippen molar-refractivity contribution >= 4 is 41.2 Å². The molecule has 0 heterocycles. The minimum atomic E-state index is -0.465. The number of carbonyl (C=O) groups excluding carboxylic acids is 2. The van der Waals surface area contributed by atoms with Crippen LogP contribution in [0.1, 0.15) is 27.9 Å². The average Bonchev–Trinajstić information content (AvgIpc) is 2.90. The molecule has 1 amide bonds. The van der Waals surface area contributed by atoms with E-state index in [2.05, 4.69) is 10.5 Å². The van der Waals surface area contributed by atoms with E-state index in [1.807, 2.05) is 0 Å². The second kappa shape index (κ2) is 12.9. The molecule has 8 nitrogen and oxygen atoms in total. The summed E-state index contributed by atoms with van der Waals surface area (Å²) in [6, 6.07) is 15.8. The van der Waals surface area contributed by atoms with E-state index in [0.717, 1.165) is 0 Å². The van der Waals surface area contributed by atoms with Gasteiger partial charge >= 0.3 is 0 Å². The van der Waals surface area contributed by atoms with E-state index in [4.69, 9.17) is 21.1 Å². The van der Waals surface area contributed by atoms with Crippen molar-refractivity contribution in [1.29, 1.82) is 0 Å². The number of nitrogens with zero attached hydrogens (tertiary/aromatic N) is 1. The van der Waals surface area contributed by atoms with Crippen LogP contribution in [0.3, 0.4) is 0 Å². The number of benzene rings is 3. The lowest BCUT2D eigenvalue weighted by Crippen LogP contribution is -2.20. The zero-order chi connectivity index (χ0) is 26.8. The number of methoxy groups -OCH3 is 2. The van der Waals surface area contributed by atoms with Crippen LogP contribution in [0.25, 0.3) is 12.2 Å². The maximum absolute atomic E-state index is 12.7. The molecule has 0 bridgehead atoms. The standard InChI is InChI=1S/C28H25ClN2O6/c1-36-26-15-18(5-13-24(26)33)3-11-22(30-31-28(35)20-7-9-21(29)10-8-20)17-23(32)12-4-19-6-14-25(34)27(16-19)37-2/h3-16,33-34H,17H2,1-2H3,(H,31,35). The van der Waals surface area contributed by atoms with Crippen LogP contribution < -0.4 is 14.9 Å². The lowest BCUT2D eigenvalue weighted by molar-refractivity contribution is -0.113. The van der Waals surface area contributed by atoms with Gasteiger partial charge in [-0.2, -0.15) is 5.10 Å². The normalized spacial score (nSPS) is 11.6. The number of phenols is 2. The fraction of sp³-hybridized carbons (Fsp3) is 0.107. The maximum atomic E-state index is 12.7. The highest BCUT2D eigenvalue weighted by Crippen LogP contribution is 2.27. The Bertz CT molecular complexity index is 1360. The quantitative estimate of drug-likeness (QED) is 0.191. The van der Waals surface area contributed by atoms with Crippen LogP contribution in [-0.4, -0.2) is 41.8 Å². The van der Waals surface area contributed by atoms with Crippen LogP contribution in [0.4, 0.5) is 0 Å². The predicted octanol–water partition coefficient (Wildman–Crippen LogP) is 5.24. The van der Waals surface area contributed by atoms with E-state index < -0.39 is 5.91 Å². The summed E-state index contributed by atoms with van der Waals surface area (Å²) in [5, 5.41) is 24.2. The fourth-order valence-corrected chi connectivity index (χ4v) is 3.26. The Hall–Kier alpha value is -4.56. The van der Waals surface area contributed by atoms with Crippen molar-refractivity contribution in [2.24, 2.45) is 5.10 Å². The van der Waals surface area contributed by atoms with Gasteiger partial charge in [-0.15, -0.1) is 0 Å². The Morgan fingerprint density at radius 1 is 0.865 bits per heavy atom. The molecule has 37 heavy (non-hydrogen) atoms. The number of hydrogen-bond acceptors (Lipinski definition) is 7. The molecule has 0 unspecified atom stereocenters. The molecule has 0 fully saturated rings. The minimum absolute atomic E-state index is 0.00468. The summed E-state index contributed by atoms with van der Waals surface area (Å²) in [4.78, 5) is 25.2. The molecule has 9 heteroatoms. The molecule has 3 aromatic rings. The summed E-state index contributed by atoms with van der Waals surface area (Å²) in [6.45, 7) is 0. The van der Waals surface area contributed by atoms with Crippen LogP contribution in [-0.2, 0) is 4.79 Å². The minimum Gasteiger partial charge on any atom is -0.504 e. The zero-order valence-electron chi connectivity index (χ0n) is 20.1. The van der Waals surface area contributed by atoms with Crippen molar-refractivity contribution in [2.75, 3.05) is 14.2 Å². The summed E-state index contributed by atoms with van der Waals surface area (Å²) in [5.74, 6) is -0.177. The number of amides is 1. The molecule has 0 aromatic heterocycles. The fourth-order valence-electron chi connectivity index (χ4n) is 3.14. The van der Waals surface area contributed by atoms with Crippen LogP contribution >= 0.6 is 11.6 Å². The van der Waals surface area contributed by atoms with Crippen molar-refractivity contribution < 1.29 is 29.3 Å². The van der Waals surface area contributed by atoms with E-state index in [9.17, 15) is 19.8 Å². The number of ether oxygens (including phenoxy) is 2. The van der Waals surface area contributed by atoms with Gasteiger partial charge in [-0.1, -0.05) is 35.9 Å². The SMILES string of the molecule is COc1cc(C=CC(=O)CC(C=Cc2ccc(O)c(OC)c2)=NNC(=O)c2ccc(Cl)cc2)ccc1O. The van der Waals surface area contributed by atoms with E-state index in [1.54, 1.807) is 66.8 Å². The molecule has 190 valence electrons. The van der Waals surface area contributed by atoms with Gasteiger partial charge in [0.15, 0.2) is 28.8 Å². The molecule has 3 rings (SSSR count). The average molecular weight is 521 g/mol. The Morgan fingerprint density at radius 3 is 1.95 bits per heavy atom. The number of nitrogens with one attached hydrogen (secondary N) is 1. The van der Waals surface area contributed by atoms with Crippen LogP contribution in [0, 0.1) is 0 Å². The van der Waals surface area contributed by atoms with Gasteiger partial charge < -0.3 is 19.7 Å². The van der Waals surface area contributed by atoms with Crippen LogP contribution in [0.2, 0.25) is 5.02 Å². The van der Waals surface area contributed by atoms with E-state index in [0.29, 0.717) is 27.5 Å². The highest BCUT2D eigenvalue weighted by molar-refractivity contribution is 6.30. The van der Waals surface area contributed by atoms with E-state index in [1.165, 1.54) is 32.4 Å². The third-order valence-electron chi connectivity index (χ3n) is 5.10. The number of phenolic OH excluding ortho intramolecular Hbond substituents is 2. The molecule has 0 saturated carbocycles. The summed E-state index contributed by atoms with van der Waals surface area (Å²) in [6.07, 6.45) is 6.11. The van der Waals surface area contributed by atoms with Gasteiger partial charge in [0.2, 0.25) is 0 Å². The topological polar surface area (TPSA) is 117 Å². The summed E-state index contributed by atoms with van der Waals surface area (Å²) < 4.78 is 10.2. The molecule has 0 radical (unpaired) electrons. The van der Waals surface area contributed by atoms with Crippen molar-refractivity contribution in [3.63, 3.8) is 0 Å². The predicted molar refractivity (Wildman–Crippen MR) is 143 cm³/mol. The first kappa shape index (κ1) is 27.0. The molecule has 3 aromatic carbocycles. The molecule has 3 N–H and O–H groups in total. The number of rotatable bonds is 10. The Labute approximate surface area is 219 Å². The molecule has 0 atom stereocenters. The number of ketones is 1. The first-order chi connectivity index (χ1) is 17.8. The number of halogens is 1. The van der Waals surface area contributed by atoms with Crippen LogP contribution in [0.15, 0.2) is 77.9 Å². The summed E-state index contributed by atoms with van der Waals surface area (Å²) >= 11 is 5.87. The van der Waals surface area contributed by atoms with Crippen molar-refractivity contribution in [3.05, 3.63) is 94.5 Å². The largest absolute Gasteiger partial charge is 0.504 e. The van der Waals surface area contributed by atoms with Crippen molar-refractivity contribution in [2.45, 2.75) is 6.42 Å². The molecular formula is C28H25ClN2O6. The van der Waals surface area contributed by atoms with Gasteiger partial charge in [0.05, 0.1) is 26.4 Å². The molecule has 0 saturated heterocycles. The van der Waals surface area contributed by atoms with Crippen molar-refractivity contribution in [3.8, 4) is 23.0 Å². The maximum Gasteiger partial charge on any atom is 0.271 e. The molecule has 0 aliphatic rings. The lowest BCUT2D eigenvalue weighted by atomic mass is 10.1. The number of aromatic hydroxyl groups is 2. The smallest absolute Gasteiger partial charge is 0.271 e. The highest BCUT2D eigenvalue weighted by atomic mass is 35.5. The lowest BCUT2D eigenvalue weighted by Gasteiger charge is -2.05. The monoisotopic (exact) mass is 520 g/mol. The second-order valence-electron chi connectivity index (χ2n) is 7.72. The van der Waals surface area contributed by atoms with Gasteiger partial charge in [-0.05, 0) is 71.8 Å². The summed E-state index contributed by atoms with van der Waals surface area (Å²) in [7, 11) is 2.88. The third kappa shape index (κ3) is 7.98. The number of hydrazone groups is 1. The number of carbonyl (C=O) groups is 2. The second-order valence-corrected chi connectivity index (χ2v) is 8.16. The molecule has 0 spiro atoms. The summed E-state index contributed by atoms with van der Waals surface area (Å²) in [5.41, 5.74) is 4.44. The van der Waals surface area contributed by atoms with Gasteiger partial charge in [-0.3, -0.25) is 9.59 Å².